The summed E-state index contributed by atoms with van der Waals surface area (Å²) < 4.78 is 4.75. The fourth-order valence-corrected chi connectivity index (χ4v) is 2.81. The Labute approximate surface area is 107 Å². The maximum absolute atomic E-state index is 11.4. The summed E-state index contributed by atoms with van der Waals surface area (Å²) in [4.78, 5) is 21.9. The molecule has 1 rings (SSSR count). The van der Waals surface area contributed by atoms with Gasteiger partial charge in [-0.15, -0.1) is 11.6 Å². The van der Waals surface area contributed by atoms with Crippen molar-refractivity contribution >= 4 is 23.5 Å². The molecule has 17 heavy (non-hydrogen) atoms. The Balaban J connectivity index is 2.40. The Kier molecular flexibility index (Phi) is 6.34. The van der Waals surface area contributed by atoms with Crippen LogP contribution in [0, 0.1) is 11.8 Å². The smallest absolute Gasteiger partial charge is 0.404 e. The van der Waals surface area contributed by atoms with Gasteiger partial charge in [0.15, 0.2) is 0 Å². The molecule has 0 aromatic carbocycles. The van der Waals surface area contributed by atoms with E-state index in [4.69, 9.17) is 22.1 Å². The van der Waals surface area contributed by atoms with E-state index >= 15 is 0 Å². The average molecular weight is 262 g/mol. The Bertz CT molecular complexity index is 270. The summed E-state index contributed by atoms with van der Waals surface area (Å²) >= 11 is 5.78. The number of ether oxygens (including phenoxy) is 1. The highest BCUT2D eigenvalue weighted by atomic mass is 35.5. The lowest BCUT2D eigenvalue weighted by Crippen LogP contribution is -2.25. The summed E-state index contributed by atoms with van der Waals surface area (Å²) in [5, 5.41) is 0. The summed E-state index contributed by atoms with van der Waals surface area (Å²) in [6.07, 6.45) is 4.27. The number of halogens is 1. The van der Waals surface area contributed by atoms with E-state index < -0.39 is 6.09 Å². The van der Waals surface area contributed by atoms with Crippen LogP contribution in [0.15, 0.2) is 0 Å². The molecule has 0 bridgehead atoms. The first kappa shape index (κ1) is 14.3. The molecule has 2 atom stereocenters. The fourth-order valence-electron chi connectivity index (χ4n) is 2.53. The fraction of sp³-hybridized carbons (Fsp3) is 0.833. The predicted octanol–water partition coefficient (Wildman–Crippen LogP) is 2.48. The zero-order chi connectivity index (χ0) is 12.7. The van der Waals surface area contributed by atoms with Crippen LogP contribution in [-0.2, 0) is 9.53 Å². The third kappa shape index (κ3) is 5.39. The molecule has 1 aliphatic carbocycles. The van der Waals surface area contributed by atoms with Crippen molar-refractivity contribution in [3.8, 4) is 0 Å². The standard InChI is InChI=1S/C12H20ClNO3/c13-6-4-9(5-7-17-12(14)16)10-2-1-3-11(15)8-10/h9-10H,1-8H2,(H2,14,16)/t9-,10?/m1/s1. The second kappa shape index (κ2) is 7.54. The normalized spacial score (nSPS) is 22.2. The van der Waals surface area contributed by atoms with E-state index in [0.717, 1.165) is 25.7 Å². The zero-order valence-electron chi connectivity index (χ0n) is 9.99. The van der Waals surface area contributed by atoms with Crippen LogP contribution in [0.5, 0.6) is 0 Å². The highest BCUT2D eigenvalue weighted by Crippen LogP contribution is 2.32. The second-order valence-electron chi connectivity index (χ2n) is 4.59. The molecule has 1 amide bonds. The van der Waals surface area contributed by atoms with E-state index in [1.165, 1.54) is 0 Å². The van der Waals surface area contributed by atoms with E-state index in [-0.39, 0.29) is 0 Å². The number of nitrogens with two attached hydrogens (primary N) is 1. The van der Waals surface area contributed by atoms with Crippen molar-refractivity contribution < 1.29 is 14.3 Å². The number of rotatable bonds is 6. The Hall–Kier alpha value is -0.770. The molecule has 0 heterocycles. The van der Waals surface area contributed by atoms with Crippen molar-refractivity contribution in [1.82, 2.24) is 0 Å². The largest absolute Gasteiger partial charge is 0.450 e. The third-order valence-corrected chi connectivity index (χ3v) is 3.62. The first-order valence-corrected chi connectivity index (χ1v) is 6.66. The SMILES string of the molecule is NC(=O)OCC[C@@H](CCCl)C1CCCC(=O)C1. The highest BCUT2D eigenvalue weighted by molar-refractivity contribution is 6.17. The lowest BCUT2D eigenvalue weighted by Gasteiger charge is -2.29. The first-order chi connectivity index (χ1) is 8.13. The molecule has 0 saturated heterocycles. The molecular formula is C12H20ClNO3. The van der Waals surface area contributed by atoms with Crippen molar-refractivity contribution in [2.24, 2.45) is 17.6 Å². The van der Waals surface area contributed by atoms with Crippen LogP contribution in [0.2, 0.25) is 0 Å². The predicted molar refractivity (Wildman–Crippen MR) is 65.9 cm³/mol. The molecule has 1 unspecified atom stereocenters. The van der Waals surface area contributed by atoms with Gasteiger partial charge < -0.3 is 10.5 Å². The van der Waals surface area contributed by atoms with Gasteiger partial charge in [-0.25, -0.2) is 4.79 Å². The van der Waals surface area contributed by atoms with Crippen LogP contribution in [0.3, 0.4) is 0 Å². The molecule has 0 aliphatic heterocycles. The highest BCUT2D eigenvalue weighted by Gasteiger charge is 2.26. The number of ketones is 1. The molecule has 0 radical (unpaired) electrons. The molecule has 2 N–H and O–H groups in total. The van der Waals surface area contributed by atoms with Gasteiger partial charge in [0.25, 0.3) is 0 Å². The van der Waals surface area contributed by atoms with E-state index in [1.807, 2.05) is 0 Å². The maximum atomic E-state index is 11.4. The van der Waals surface area contributed by atoms with Crippen LogP contribution in [0.4, 0.5) is 4.79 Å². The van der Waals surface area contributed by atoms with E-state index in [0.29, 0.717) is 42.9 Å². The lowest BCUT2D eigenvalue weighted by atomic mass is 9.77. The minimum absolute atomic E-state index is 0.321. The topological polar surface area (TPSA) is 69.4 Å². The number of carbonyl (C=O) groups is 2. The summed E-state index contributed by atoms with van der Waals surface area (Å²) in [6, 6.07) is 0. The molecule has 1 aliphatic rings. The van der Waals surface area contributed by atoms with Gasteiger partial charge in [0.1, 0.15) is 5.78 Å². The summed E-state index contributed by atoms with van der Waals surface area (Å²) in [7, 11) is 0. The van der Waals surface area contributed by atoms with Crippen LogP contribution in [0.25, 0.3) is 0 Å². The Morgan fingerprint density at radius 2 is 2.29 bits per heavy atom. The van der Waals surface area contributed by atoms with E-state index in [2.05, 4.69) is 0 Å². The molecule has 98 valence electrons. The van der Waals surface area contributed by atoms with Gasteiger partial charge in [0, 0.05) is 18.7 Å². The van der Waals surface area contributed by atoms with Gasteiger partial charge >= 0.3 is 6.09 Å². The summed E-state index contributed by atoms with van der Waals surface area (Å²) in [5.41, 5.74) is 4.91. The third-order valence-electron chi connectivity index (χ3n) is 3.40. The van der Waals surface area contributed by atoms with Gasteiger partial charge in [-0.2, -0.15) is 0 Å². The van der Waals surface area contributed by atoms with E-state index in [1.54, 1.807) is 0 Å². The summed E-state index contributed by atoms with van der Waals surface area (Å²) in [6.45, 7) is 0.321. The number of Topliss-reactive ketones (excluding diaryl/α,β-unsaturated/α-hetero) is 1. The number of primary amides is 1. The van der Waals surface area contributed by atoms with Crippen molar-refractivity contribution in [1.29, 1.82) is 0 Å². The maximum Gasteiger partial charge on any atom is 0.404 e. The van der Waals surface area contributed by atoms with E-state index in [9.17, 15) is 9.59 Å². The van der Waals surface area contributed by atoms with Crippen LogP contribution < -0.4 is 5.73 Å². The Morgan fingerprint density at radius 3 is 2.88 bits per heavy atom. The lowest BCUT2D eigenvalue weighted by molar-refractivity contribution is -0.122. The van der Waals surface area contributed by atoms with Crippen LogP contribution >= 0.6 is 11.6 Å². The van der Waals surface area contributed by atoms with Crippen molar-refractivity contribution in [3.05, 3.63) is 0 Å². The van der Waals surface area contributed by atoms with Crippen molar-refractivity contribution in [3.63, 3.8) is 0 Å². The zero-order valence-corrected chi connectivity index (χ0v) is 10.7. The summed E-state index contributed by atoms with van der Waals surface area (Å²) in [5.74, 6) is 1.67. The Morgan fingerprint density at radius 1 is 1.53 bits per heavy atom. The van der Waals surface area contributed by atoms with Crippen molar-refractivity contribution in [2.45, 2.75) is 38.5 Å². The molecular weight excluding hydrogens is 242 g/mol. The molecule has 1 fully saturated rings. The molecule has 0 aromatic rings. The number of amides is 1. The molecule has 1 saturated carbocycles. The number of hydrogen-bond acceptors (Lipinski definition) is 3. The number of alkyl halides is 1. The van der Waals surface area contributed by atoms with Gasteiger partial charge in [0.2, 0.25) is 0 Å². The monoisotopic (exact) mass is 261 g/mol. The second-order valence-corrected chi connectivity index (χ2v) is 4.97. The van der Waals surface area contributed by atoms with Gasteiger partial charge in [-0.1, -0.05) is 0 Å². The average Bonchev–Trinajstić information content (AvgIpc) is 2.27. The van der Waals surface area contributed by atoms with Crippen LogP contribution in [-0.4, -0.2) is 24.4 Å². The van der Waals surface area contributed by atoms with Crippen molar-refractivity contribution in [2.75, 3.05) is 12.5 Å². The minimum Gasteiger partial charge on any atom is -0.450 e. The molecule has 0 spiro atoms. The van der Waals surface area contributed by atoms with Gasteiger partial charge in [0.05, 0.1) is 6.61 Å². The first-order valence-electron chi connectivity index (χ1n) is 6.13. The number of hydrogen-bond donors (Lipinski definition) is 1. The molecule has 0 aromatic heterocycles. The molecule has 5 heteroatoms. The quantitative estimate of drug-likeness (QED) is 0.747. The molecule has 4 nitrogen and oxygen atoms in total. The van der Waals surface area contributed by atoms with Gasteiger partial charge in [-0.05, 0) is 37.5 Å². The minimum atomic E-state index is -0.741. The van der Waals surface area contributed by atoms with Gasteiger partial charge in [-0.3, -0.25) is 4.79 Å². The number of carbonyl (C=O) groups excluding carboxylic acids is 2. The van der Waals surface area contributed by atoms with Crippen LogP contribution in [0.1, 0.15) is 38.5 Å².